The van der Waals surface area contributed by atoms with Crippen LogP contribution in [0.25, 0.3) is 0 Å². The molecule has 0 atom stereocenters. The minimum atomic E-state index is 0.472. The van der Waals surface area contributed by atoms with Crippen molar-refractivity contribution in [2.75, 3.05) is 25.0 Å². The van der Waals surface area contributed by atoms with Gasteiger partial charge in [0, 0.05) is 25.8 Å². The van der Waals surface area contributed by atoms with Crippen LogP contribution in [0, 0.1) is 0 Å². The highest BCUT2D eigenvalue weighted by Crippen LogP contribution is 2.19. The second-order valence-corrected chi connectivity index (χ2v) is 5.10. The molecule has 3 heteroatoms. The van der Waals surface area contributed by atoms with Gasteiger partial charge < -0.3 is 10.2 Å². The number of nitrogens with one attached hydrogen (secondary N) is 1. The quantitative estimate of drug-likeness (QED) is 0.752. The Labute approximate surface area is 112 Å². The molecule has 0 aliphatic carbocycles. The van der Waals surface area contributed by atoms with Gasteiger partial charge in [0.05, 0.1) is 0 Å². The molecule has 0 unspecified atom stereocenters. The van der Waals surface area contributed by atoms with Gasteiger partial charge in [-0.1, -0.05) is 20.8 Å². The Morgan fingerprint density at radius 1 is 1.28 bits per heavy atom. The van der Waals surface area contributed by atoms with E-state index >= 15 is 0 Å². The lowest BCUT2D eigenvalue weighted by Gasteiger charge is -2.19. The van der Waals surface area contributed by atoms with Crippen LogP contribution in [0.1, 0.15) is 51.3 Å². The second kappa shape index (κ2) is 7.37. The molecular weight excluding hydrogens is 222 g/mol. The molecule has 1 aromatic rings. The SMILES string of the molecule is CCCNCc1cc(C(C)C)nc(N(C)CC)c1. The van der Waals surface area contributed by atoms with Crippen LogP contribution in [0.15, 0.2) is 12.1 Å². The van der Waals surface area contributed by atoms with Gasteiger partial charge in [-0.25, -0.2) is 4.98 Å². The maximum atomic E-state index is 4.73. The summed E-state index contributed by atoms with van der Waals surface area (Å²) in [5.74, 6) is 1.55. The van der Waals surface area contributed by atoms with Gasteiger partial charge in [-0.2, -0.15) is 0 Å². The number of anilines is 1. The van der Waals surface area contributed by atoms with Crippen molar-refractivity contribution in [3.8, 4) is 0 Å². The number of pyridine rings is 1. The third-order valence-electron chi connectivity index (χ3n) is 3.10. The Bertz CT molecular complexity index is 361. The topological polar surface area (TPSA) is 28.2 Å². The Morgan fingerprint density at radius 3 is 2.56 bits per heavy atom. The van der Waals surface area contributed by atoms with Crippen molar-refractivity contribution in [3.05, 3.63) is 23.4 Å². The Balaban J connectivity index is 2.91. The number of hydrogen-bond donors (Lipinski definition) is 1. The maximum Gasteiger partial charge on any atom is 0.128 e. The minimum absolute atomic E-state index is 0.472. The lowest BCUT2D eigenvalue weighted by molar-refractivity contribution is 0.672. The number of rotatable bonds is 7. The molecule has 0 saturated heterocycles. The number of hydrogen-bond acceptors (Lipinski definition) is 3. The molecule has 0 bridgehead atoms. The lowest BCUT2D eigenvalue weighted by atomic mass is 10.1. The lowest BCUT2D eigenvalue weighted by Crippen LogP contribution is -2.20. The molecule has 102 valence electrons. The second-order valence-electron chi connectivity index (χ2n) is 5.10. The van der Waals surface area contributed by atoms with Gasteiger partial charge in [-0.3, -0.25) is 0 Å². The van der Waals surface area contributed by atoms with Crippen LogP contribution in [0.3, 0.4) is 0 Å². The van der Waals surface area contributed by atoms with Crippen molar-refractivity contribution in [2.45, 2.75) is 46.6 Å². The smallest absolute Gasteiger partial charge is 0.128 e. The van der Waals surface area contributed by atoms with E-state index in [1.807, 2.05) is 0 Å². The van der Waals surface area contributed by atoms with Gasteiger partial charge in [0.25, 0.3) is 0 Å². The molecule has 0 amide bonds. The van der Waals surface area contributed by atoms with E-state index in [0.717, 1.165) is 25.5 Å². The highest BCUT2D eigenvalue weighted by Gasteiger charge is 2.08. The summed E-state index contributed by atoms with van der Waals surface area (Å²) in [7, 11) is 2.09. The Morgan fingerprint density at radius 2 is 2.00 bits per heavy atom. The van der Waals surface area contributed by atoms with Crippen LogP contribution >= 0.6 is 0 Å². The molecule has 1 rings (SSSR count). The highest BCUT2D eigenvalue weighted by molar-refractivity contribution is 5.42. The van der Waals surface area contributed by atoms with E-state index in [4.69, 9.17) is 4.98 Å². The van der Waals surface area contributed by atoms with Gasteiger partial charge in [0.1, 0.15) is 5.82 Å². The summed E-state index contributed by atoms with van der Waals surface area (Å²) in [4.78, 5) is 6.92. The van der Waals surface area contributed by atoms with Crippen LogP contribution in [0.5, 0.6) is 0 Å². The first kappa shape index (κ1) is 15.0. The first-order valence-electron chi connectivity index (χ1n) is 7.01. The van der Waals surface area contributed by atoms with E-state index in [2.05, 4.69) is 57.1 Å². The standard InChI is InChI=1S/C15H27N3/c1-6-8-16-11-13-9-14(12(3)4)17-15(10-13)18(5)7-2/h9-10,12,16H,6-8,11H2,1-5H3. The molecule has 0 spiro atoms. The summed E-state index contributed by atoms with van der Waals surface area (Å²) in [5, 5.41) is 3.46. The van der Waals surface area contributed by atoms with Crippen molar-refractivity contribution >= 4 is 5.82 Å². The molecule has 18 heavy (non-hydrogen) atoms. The largest absolute Gasteiger partial charge is 0.360 e. The molecule has 1 heterocycles. The third-order valence-corrected chi connectivity index (χ3v) is 3.10. The zero-order valence-corrected chi connectivity index (χ0v) is 12.5. The fourth-order valence-corrected chi connectivity index (χ4v) is 1.76. The van der Waals surface area contributed by atoms with Gasteiger partial charge in [0.15, 0.2) is 0 Å². The predicted octanol–water partition coefficient (Wildman–Crippen LogP) is 3.16. The van der Waals surface area contributed by atoms with Crippen molar-refractivity contribution in [1.82, 2.24) is 10.3 Å². The molecule has 0 aliphatic rings. The van der Waals surface area contributed by atoms with Gasteiger partial charge in [-0.05, 0) is 43.5 Å². The van der Waals surface area contributed by atoms with Crippen molar-refractivity contribution in [1.29, 1.82) is 0 Å². The van der Waals surface area contributed by atoms with E-state index in [9.17, 15) is 0 Å². The predicted molar refractivity (Wildman–Crippen MR) is 79.3 cm³/mol. The fraction of sp³-hybridized carbons (Fsp3) is 0.667. The van der Waals surface area contributed by atoms with Crippen LogP contribution in [0.2, 0.25) is 0 Å². The van der Waals surface area contributed by atoms with E-state index < -0.39 is 0 Å². The van der Waals surface area contributed by atoms with Crippen molar-refractivity contribution < 1.29 is 0 Å². The normalized spacial score (nSPS) is 11.0. The first-order valence-corrected chi connectivity index (χ1v) is 7.01. The summed E-state index contributed by atoms with van der Waals surface area (Å²) in [6.07, 6.45) is 1.17. The van der Waals surface area contributed by atoms with Crippen LogP contribution in [-0.4, -0.2) is 25.1 Å². The monoisotopic (exact) mass is 249 g/mol. The minimum Gasteiger partial charge on any atom is -0.360 e. The Kier molecular flexibility index (Phi) is 6.13. The van der Waals surface area contributed by atoms with Crippen LogP contribution in [-0.2, 0) is 6.54 Å². The van der Waals surface area contributed by atoms with Crippen LogP contribution < -0.4 is 10.2 Å². The average molecular weight is 249 g/mol. The molecular formula is C15H27N3. The molecule has 1 N–H and O–H groups in total. The van der Waals surface area contributed by atoms with E-state index in [0.29, 0.717) is 5.92 Å². The van der Waals surface area contributed by atoms with Gasteiger partial charge in [-0.15, -0.1) is 0 Å². The van der Waals surface area contributed by atoms with Crippen molar-refractivity contribution in [2.24, 2.45) is 0 Å². The summed E-state index contributed by atoms with van der Waals surface area (Å²) >= 11 is 0. The molecule has 0 radical (unpaired) electrons. The molecule has 0 fully saturated rings. The van der Waals surface area contributed by atoms with E-state index in [1.54, 1.807) is 0 Å². The average Bonchev–Trinajstić information content (AvgIpc) is 2.37. The van der Waals surface area contributed by atoms with Gasteiger partial charge >= 0.3 is 0 Å². The number of nitrogens with zero attached hydrogens (tertiary/aromatic N) is 2. The van der Waals surface area contributed by atoms with E-state index in [-0.39, 0.29) is 0 Å². The Hall–Kier alpha value is -1.09. The van der Waals surface area contributed by atoms with Gasteiger partial charge in [0.2, 0.25) is 0 Å². The molecule has 0 saturated carbocycles. The summed E-state index contributed by atoms with van der Waals surface area (Å²) in [6, 6.07) is 4.42. The molecule has 0 aromatic carbocycles. The highest BCUT2D eigenvalue weighted by atomic mass is 15.2. The van der Waals surface area contributed by atoms with Crippen molar-refractivity contribution in [3.63, 3.8) is 0 Å². The fourth-order valence-electron chi connectivity index (χ4n) is 1.76. The zero-order chi connectivity index (χ0) is 13.5. The summed E-state index contributed by atoms with van der Waals surface area (Å²) in [6.45, 7) is 11.7. The molecule has 0 aliphatic heterocycles. The maximum absolute atomic E-state index is 4.73. The van der Waals surface area contributed by atoms with E-state index in [1.165, 1.54) is 17.7 Å². The summed E-state index contributed by atoms with van der Waals surface area (Å²) in [5.41, 5.74) is 2.51. The zero-order valence-electron chi connectivity index (χ0n) is 12.5. The molecule has 1 aromatic heterocycles. The third kappa shape index (κ3) is 4.30. The summed E-state index contributed by atoms with van der Waals surface area (Å²) < 4.78 is 0. The number of aromatic nitrogens is 1. The molecule has 3 nitrogen and oxygen atoms in total. The first-order chi connectivity index (χ1) is 8.58. The van der Waals surface area contributed by atoms with Crippen LogP contribution in [0.4, 0.5) is 5.82 Å².